The standard InChI is InChI=1S/C12H16N2O3S2/c1-8(7-19(3,15)16)14-11-5-4-9(17-2)6-10(11)13-12(14)18/h4-6,8H,7H2,1-3H3,(H,13,18). The Balaban J connectivity index is 2.54. The largest absolute Gasteiger partial charge is 0.497 e. The Kier molecular flexibility index (Phi) is 3.69. The van der Waals surface area contributed by atoms with Gasteiger partial charge in [0.25, 0.3) is 0 Å². The molecule has 0 radical (unpaired) electrons. The average molecular weight is 300 g/mol. The molecular formula is C12H16N2O3S2. The number of nitrogens with zero attached hydrogens (tertiary/aromatic N) is 1. The summed E-state index contributed by atoms with van der Waals surface area (Å²) in [7, 11) is -1.46. The predicted molar refractivity (Wildman–Crippen MR) is 78.1 cm³/mol. The van der Waals surface area contributed by atoms with Crippen molar-refractivity contribution in [1.29, 1.82) is 0 Å². The summed E-state index contributed by atoms with van der Waals surface area (Å²) in [5.41, 5.74) is 1.71. The van der Waals surface area contributed by atoms with Crippen molar-refractivity contribution in [2.75, 3.05) is 19.1 Å². The van der Waals surface area contributed by atoms with Crippen molar-refractivity contribution >= 4 is 33.1 Å². The summed E-state index contributed by atoms with van der Waals surface area (Å²) in [5, 5.41) is 0. The summed E-state index contributed by atoms with van der Waals surface area (Å²) in [6, 6.07) is 5.33. The molecule has 0 fully saturated rings. The van der Waals surface area contributed by atoms with E-state index in [-0.39, 0.29) is 11.8 Å². The van der Waals surface area contributed by atoms with E-state index in [2.05, 4.69) is 4.98 Å². The third-order valence-electron chi connectivity index (χ3n) is 2.91. The Hall–Kier alpha value is -1.34. The first kappa shape index (κ1) is 14.1. The summed E-state index contributed by atoms with van der Waals surface area (Å²) in [6.45, 7) is 1.84. The Labute approximate surface area is 117 Å². The molecule has 1 unspecified atom stereocenters. The second-order valence-corrected chi connectivity index (χ2v) is 7.20. The normalized spacial score (nSPS) is 13.6. The van der Waals surface area contributed by atoms with Crippen LogP contribution in [0, 0.1) is 4.77 Å². The van der Waals surface area contributed by atoms with Crippen molar-refractivity contribution < 1.29 is 13.2 Å². The van der Waals surface area contributed by atoms with Crippen LogP contribution in [0.4, 0.5) is 0 Å². The first-order valence-electron chi connectivity index (χ1n) is 5.78. The molecule has 1 heterocycles. The number of sulfone groups is 1. The number of H-pyrrole nitrogens is 1. The van der Waals surface area contributed by atoms with Gasteiger partial charge >= 0.3 is 0 Å². The van der Waals surface area contributed by atoms with Gasteiger partial charge in [0, 0.05) is 18.4 Å². The summed E-state index contributed by atoms with van der Waals surface area (Å²) < 4.78 is 30.3. The van der Waals surface area contributed by atoms with Gasteiger partial charge in [-0.1, -0.05) is 0 Å². The highest BCUT2D eigenvalue weighted by atomic mass is 32.2. The van der Waals surface area contributed by atoms with Gasteiger partial charge in [-0.3, -0.25) is 0 Å². The number of aromatic nitrogens is 2. The van der Waals surface area contributed by atoms with Crippen molar-refractivity contribution in [3.05, 3.63) is 23.0 Å². The fourth-order valence-electron chi connectivity index (χ4n) is 2.19. The number of methoxy groups -OCH3 is 1. The maximum atomic E-state index is 11.4. The predicted octanol–water partition coefficient (Wildman–Crippen LogP) is 2.31. The fourth-order valence-corrected chi connectivity index (χ4v) is 3.60. The SMILES string of the molecule is COc1ccc2c(c1)[nH]c(=S)n2C(C)CS(C)(=O)=O. The molecule has 0 bridgehead atoms. The van der Waals surface area contributed by atoms with Gasteiger partial charge in [0.1, 0.15) is 15.6 Å². The highest BCUT2D eigenvalue weighted by Crippen LogP contribution is 2.23. The van der Waals surface area contributed by atoms with Crippen LogP contribution in [0.2, 0.25) is 0 Å². The highest BCUT2D eigenvalue weighted by Gasteiger charge is 2.16. The number of benzene rings is 1. The van der Waals surface area contributed by atoms with Crippen molar-refractivity contribution in [2.24, 2.45) is 0 Å². The Morgan fingerprint density at radius 3 is 2.74 bits per heavy atom. The van der Waals surface area contributed by atoms with E-state index in [0.29, 0.717) is 4.77 Å². The van der Waals surface area contributed by atoms with E-state index in [0.717, 1.165) is 16.8 Å². The van der Waals surface area contributed by atoms with Crippen LogP contribution < -0.4 is 4.74 Å². The van der Waals surface area contributed by atoms with E-state index in [1.54, 1.807) is 7.11 Å². The smallest absolute Gasteiger partial charge is 0.178 e. The molecule has 0 spiro atoms. The molecule has 1 N–H and O–H groups in total. The van der Waals surface area contributed by atoms with Crippen LogP contribution in [-0.4, -0.2) is 37.1 Å². The topological polar surface area (TPSA) is 64.1 Å². The third-order valence-corrected chi connectivity index (χ3v) is 4.30. The van der Waals surface area contributed by atoms with Crippen molar-refractivity contribution in [1.82, 2.24) is 9.55 Å². The van der Waals surface area contributed by atoms with Crippen LogP contribution >= 0.6 is 12.2 Å². The maximum Gasteiger partial charge on any atom is 0.178 e. The van der Waals surface area contributed by atoms with E-state index < -0.39 is 9.84 Å². The fraction of sp³-hybridized carbons (Fsp3) is 0.417. The Bertz CT molecular complexity index is 759. The van der Waals surface area contributed by atoms with E-state index in [4.69, 9.17) is 17.0 Å². The average Bonchev–Trinajstić information content (AvgIpc) is 2.61. The monoisotopic (exact) mass is 300 g/mol. The summed E-state index contributed by atoms with van der Waals surface area (Å²) in [6.07, 6.45) is 1.23. The minimum atomic E-state index is -3.05. The number of ether oxygens (including phenoxy) is 1. The quantitative estimate of drug-likeness (QED) is 0.880. The minimum Gasteiger partial charge on any atom is -0.497 e. The van der Waals surface area contributed by atoms with Crippen LogP contribution in [0.5, 0.6) is 5.75 Å². The number of nitrogens with one attached hydrogen (secondary N) is 1. The second-order valence-electron chi connectivity index (χ2n) is 4.62. The summed E-state index contributed by atoms with van der Waals surface area (Å²) >= 11 is 5.27. The van der Waals surface area contributed by atoms with E-state index in [1.807, 2.05) is 29.7 Å². The molecule has 2 aromatic rings. The van der Waals surface area contributed by atoms with Gasteiger partial charge in [-0.15, -0.1) is 0 Å². The van der Waals surface area contributed by atoms with Crippen molar-refractivity contribution in [3.63, 3.8) is 0 Å². The molecule has 1 aromatic carbocycles. The molecule has 5 nitrogen and oxygen atoms in total. The number of hydrogen-bond acceptors (Lipinski definition) is 4. The molecule has 0 saturated carbocycles. The molecule has 0 amide bonds. The van der Waals surface area contributed by atoms with Crippen LogP contribution in [0.25, 0.3) is 11.0 Å². The first-order chi connectivity index (χ1) is 8.81. The van der Waals surface area contributed by atoms with Crippen LogP contribution in [0.15, 0.2) is 18.2 Å². The number of hydrogen-bond donors (Lipinski definition) is 1. The van der Waals surface area contributed by atoms with E-state index in [1.165, 1.54) is 6.26 Å². The van der Waals surface area contributed by atoms with E-state index in [9.17, 15) is 8.42 Å². The molecule has 0 saturated heterocycles. The Morgan fingerprint density at radius 2 is 2.16 bits per heavy atom. The van der Waals surface area contributed by atoms with Gasteiger partial charge in [-0.2, -0.15) is 0 Å². The minimum absolute atomic E-state index is 0.0558. The van der Waals surface area contributed by atoms with Crippen LogP contribution in [0.1, 0.15) is 13.0 Å². The van der Waals surface area contributed by atoms with Gasteiger partial charge in [0.2, 0.25) is 0 Å². The summed E-state index contributed by atoms with van der Waals surface area (Å²) in [5.74, 6) is 0.784. The number of aromatic amines is 1. The molecule has 19 heavy (non-hydrogen) atoms. The molecular weight excluding hydrogens is 284 g/mol. The lowest BCUT2D eigenvalue weighted by molar-refractivity contribution is 0.415. The highest BCUT2D eigenvalue weighted by molar-refractivity contribution is 7.90. The zero-order valence-corrected chi connectivity index (χ0v) is 12.6. The van der Waals surface area contributed by atoms with Crippen LogP contribution in [0.3, 0.4) is 0 Å². The third kappa shape index (κ3) is 2.98. The molecule has 0 aliphatic carbocycles. The lowest BCUT2D eigenvalue weighted by Gasteiger charge is -2.13. The molecule has 0 aliphatic heterocycles. The second kappa shape index (κ2) is 4.97. The first-order valence-corrected chi connectivity index (χ1v) is 8.24. The van der Waals surface area contributed by atoms with Gasteiger partial charge in [-0.05, 0) is 31.3 Å². The maximum absolute atomic E-state index is 11.4. The van der Waals surface area contributed by atoms with Crippen LogP contribution in [-0.2, 0) is 9.84 Å². The number of imidazole rings is 1. The molecule has 0 aliphatic rings. The van der Waals surface area contributed by atoms with Crippen molar-refractivity contribution in [2.45, 2.75) is 13.0 Å². The molecule has 1 aromatic heterocycles. The Morgan fingerprint density at radius 1 is 1.47 bits per heavy atom. The van der Waals surface area contributed by atoms with Gasteiger partial charge < -0.3 is 14.3 Å². The van der Waals surface area contributed by atoms with Gasteiger partial charge in [0.15, 0.2) is 4.77 Å². The number of rotatable bonds is 4. The zero-order valence-electron chi connectivity index (χ0n) is 11.0. The van der Waals surface area contributed by atoms with Gasteiger partial charge in [-0.25, -0.2) is 8.42 Å². The molecule has 2 rings (SSSR count). The molecule has 7 heteroatoms. The lowest BCUT2D eigenvalue weighted by atomic mass is 10.3. The van der Waals surface area contributed by atoms with Gasteiger partial charge in [0.05, 0.1) is 23.9 Å². The molecule has 1 atom stereocenters. The molecule has 104 valence electrons. The number of fused-ring (bicyclic) bond motifs is 1. The zero-order chi connectivity index (χ0) is 14.2. The van der Waals surface area contributed by atoms with E-state index >= 15 is 0 Å². The lowest BCUT2D eigenvalue weighted by Crippen LogP contribution is -2.16. The van der Waals surface area contributed by atoms with Crippen molar-refractivity contribution in [3.8, 4) is 5.75 Å². The summed E-state index contributed by atoms with van der Waals surface area (Å²) in [4.78, 5) is 3.07.